The topological polar surface area (TPSA) is 68.6 Å². The van der Waals surface area contributed by atoms with Crippen LogP contribution in [0.1, 0.15) is 37.2 Å². The van der Waals surface area contributed by atoms with Crippen LogP contribution in [0.5, 0.6) is 0 Å². The molecule has 0 unspecified atom stereocenters. The summed E-state index contributed by atoms with van der Waals surface area (Å²) in [4.78, 5) is 0. The zero-order valence-corrected chi connectivity index (χ0v) is 10.3. The van der Waals surface area contributed by atoms with Gasteiger partial charge in [0.1, 0.15) is 18.1 Å². The van der Waals surface area contributed by atoms with E-state index >= 15 is 0 Å². The highest BCUT2D eigenvalue weighted by atomic mass is 16.5. The van der Waals surface area contributed by atoms with Crippen molar-refractivity contribution in [2.75, 3.05) is 13.7 Å². The monoisotopic (exact) mass is 239 g/mol. The Bertz CT molecular complexity index is 353. The van der Waals surface area contributed by atoms with Gasteiger partial charge in [0.25, 0.3) is 0 Å². The summed E-state index contributed by atoms with van der Waals surface area (Å²) in [5, 5.41) is 9.58. The predicted octanol–water partition coefficient (Wildman–Crippen LogP) is 1.56. The molecule has 1 aliphatic carbocycles. The van der Waals surface area contributed by atoms with E-state index in [0.29, 0.717) is 13.2 Å². The van der Waals surface area contributed by atoms with Crippen LogP contribution in [-0.2, 0) is 16.8 Å². The van der Waals surface area contributed by atoms with E-state index in [1.54, 1.807) is 7.11 Å². The van der Waals surface area contributed by atoms with Gasteiger partial charge in [0, 0.05) is 19.1 Å². The minimum absolute atomic E-state index is 0.0920. The normalized spacial score (nSPS) is 29.5. The molecule has 0 aromatic carbocycles. The molecule has 0 atom stereocenters. The first-order valence-electron chi connectivity index (χ1n) is 6.16. The summed E-state index contributed by atoms with van der Waals surface area (Å²) in [6.45, 7) is 1.06. The largest absolute Gasteiger partial charge is 0.463 e. The summed E-state index contributed by atoms with van der Waals surface area (Å²) in [6, 6.07) is 3.94. The van der Waals surface area contributed by atoms with Gasteiger partial charge in [-0.25, -0.2) is 0 Å². The number of methoxy groups -OCH3 is 1. The first-order chi connectivity index (χ1) is 8.20. The van der Waals surface area contributed by atoms with Gasteiger partial charge >= 0.3 is 0 Å². The summed E-state index contributed by atoms with van der Waals surface area (Å²) in [5.74, 6) is 1.78. The van der Waals surface area contributed by atoms with E-state index in [1.807, 2.05) is 12.1 Å². The van der Waals surface area contributed by atoms with E-state index in [4.69, 9.17) is 14.9 Å². The van der Waals surface area contributed by atoms with Gasteiger partial charge in [-0.15, -0.1) is 0 Å². The Morgan fingerprint density at radius 3 is 2.76 bits per heavy atom. The van der Waals surface area contributed by atoms with Crippen molar-refractivity contribution in [1.82, 2.24) is 0 Å². The van der Waals surface area contributed by atoms with Crippen molar-refractivity contribution in [3.8, 4) is 0 Å². The van der Waals surface area contributed by atoms with E-state index in [2.05, 4.69) is 0 Å². The lowest BCUT2D eigenvalue weighted by Crippen LogP contribution is -2.39. The van der Waals surface area contributed by atoms with Crippen LogP contribution in [0.4, 0.5) is 0 Å². The van der Waals surface area contributed by atoms with Crippen molar-refractivity contribution in [1.29, 1.82) is 0 Å². The first-order valence-corrected chi connectivity index (χ1v) is 6.16. The fraction of sp³-hybridized carbons (Fsp3) is 0.692. The number of hydrogen-bond acceptors (Lipinski definition) is 4. The molecule has 0 saturated heterocycles. The lowest BCUT2D eigenvalue weighted by Gasteiger charge is -2.36. The maximum atomic E-state index is 9.58. The van der Waals surface area contributed by atoms with Gasteiger partial charge in [0.15, 0.2) is 0 Å². The maximum Gasteiger partial charge on any atom is 0.129 e. The predicted molar refractivity (Wildman–Crippen MR) is 64.6 cm³/mol. The second-order valence-electron chi connectivity index (χ2n) is 4.91. The van der Waals surface area contributed by atoms with Gasteiger partial charge in [-0.05, 0) is 37.8 Å². The molecule has 0 radical (unpaired) electrons. The third-order valence-corrected chi connectivity index (χ3v) is 3.77. The quantitative estimate of drug-likeness (QED) is 0.836. The molecule has 0 amide bonds. The van der Waals surface area contributed by atoms with Gasteiger partial charge in [0.2, 0.25) is 0 Å². The Labute approximate surface area is 102 Å². The van der Waals surface area contributed by atoms with Gasteiger partial charge in [0.05, 0.1) is 6.10 Å². The molecule has 1 aliphatic rings. The van der Waals surface area contributed by atoms with E-state index in [9.17, 15) is 5.11 Å². The van der Waals surface area contributed by atoms with Crippen molar-refractivity contribution in [2.45, 2.75) is 43.8 Å². The second kappa shape index (κ2) is 5.21. The Morgan fingerprint density at radius 2 is 2.18 bits per heavy atom. The number of rotatable bonds is 4. The van der Waals surface area contributed by atoms with E-state index in [-0.39, 0.29) is 11.5 Å². The van der Waals surface area contributed by atoms with E-state index < -0.39 is 0 Å². The Morgan fingerprint density at radius 1 is 1.47 bits per heavy atom. The molecule has 1 saturated carbocycles. The summed E-state index contributed by atoms with van der Waals surface area (Å²) in [7, 11) is 1.65. The number of ether oxygens (including phenoxy) is 1. The lowest BCUT2D eigenvalue weighted by molar-refractivity contribution is 0.0876. The third kappa shape index (κ3) is 2.54. The smallest absolute Gasteiger partial charge is 0.129 e. The summed E-state index contributed by atoms with van der Waals surface area (Å²) >= 11 is 0. The first kappa shape index (κ1) is 12.6. The zero-order valence-electron chi connectivity index (χ0n) is 10.3. The molecule has 4 nitrogen and oxygen atoms in total. The molecule has 0 aliphatic heterocycles. The van der Waals surface area contributed by atoms with Crippen molar-refractivity contribution >= 4 is 0 Å². The van der Waals surface area contributed by atoms with E-state index in [0.717, 1.165) is 37.2 Å². The second-order valence-corrected chi connectivity index (χ2v) is 4.91. The molecule has 1 aromatic rings. The highest BCUT2D eigenvalue weighted by Gasteiger charge is 2.37. The van der Waals surface area contributed by atoms with Crippen LogP contribution in [0, 0.1) is 0 Å². The molecule has 0 bridgehead atoms. The van der Waals surface area contributed by atoms with Crippen LogP contribution < -0.4 is 5.73 Å². The SMILES string of the molecule is COCc1ccc(C2(CN)CCC(O)CC2)o1. The molecule has 3 N–H and O–H groups in total. The van der Waals surface area contributed by atoms with Crippen molar-refractivity contribution in [3.63, 3.8) is 0 Å². The fourth-order valence-electron chi connectivity index (χ4n) is 2.59. The maximum absolute atomic E-state index is 9.58. The number of aliphatic hydroxyl groups excluding tert-OH is 1. The molecule has 1 heterocycles. The average Bonchev–Trinajstić information content (AvgIpc) is 2.80. The molecule has 2 rings (SSSR count). The fourth-order valence-corrected chi connectivity index (χ4v) is 2.59. The molecule has 0 spiro atoms. The van der Waals surface area contributed by atoms with Crippen molar-refractivity contribution in [3.05, 3.63) is 23.7 Å². The Balaban J connectivity index is 2.16. The standard InChI is InChI=1S/C13H21NO3/c1-16-8-11-2-3-12(17-11)13(9-14)6-4-10(15)5-7-13/h2-3,10,15H,4-9,14H2,1H3. The minimum atomic E-state index is -0.178. The highest BCUT2D eigenvalue weighted by Crippen LogP contribution is 2.39. The summed E-state index contributed by atoms with van der Waals surface area (Å²) < 4.78 is 10.9. The molecule has 1 aromatic heterocycles. The number of hydrogen-bond donors (Lipinski definition) is 2. The van der Waals surface area contributed by atoms with Crippen LogP contribution in [-0.4, -0.2) is 24.9 Å². The summed E-state index contributed by atoms with van der Waals surface area (Å²) in [6.07, 6.45) is 3.22. The van der Waals surface area contributed by atoms with Crippen LogP contribution in [0.15, 0.2) is 16.5 Å². The average molecular weight is 239 g/mol. The van der Waals surface area contributed by atoms with Crippen molar-refractivity contribution in [2.24, 2.45) is 5.73 Å². The molecule has 1 fully saturated rings. The molecular formula is C13H21NO3. The van der Waals surface area contributed by atoms with Crippen LogP contribution >= 0.6 is 0 Å². The van der Waals surface area contributed by atoms with Crippen LogP contribution in [0.25, 0.3) is 0 Å². The zero-order chi connectivity index (χ0) is 12.3. The number of nitrogens with two attached hydrogens (primary N) is 1. The van der Waals surface area contributed by atoms with E-state index in [1.165, 1.54) is 0 Å². The summed E-state index contributed by atoms with van der Waals surface area (Å²) in [5.41, 5.74) is 5.83. The molecule has 17 heavy (non-hydrogen) atoms. The molecule has 4 heteroatoms. The number of aliphatic hydroxyl groups is 1. The van der Waals surface area contributed by atoms with Crippen LogP contribution in [0.2, 0.25) is 0 Å². The van der Waals surface area contributed by atoms with Gasteiger partial charge < -0.3 is 20.0 Å². The van der Waals surface area contributed by atoms with Crippen molar-refractivity contribution < 1.29 is 14.3 Å². The lowest BCUT2D eigenvalue weighted by atomic mass is 9.71. The number of furan rings is 1. The molecular weight excluding hydrogens is 218 g/mol. The highest BCUT2D eigenvalue weighted by molar-refractivity contribution is 5.19. The van der Waals surface area contributed by atoms with Gasteiger partial charge in [-0.3, -0.25) is 0 Å². The minimum Gasteiger partial charge on any atom is -0.463 e. The third-order valence-electron chi connectivity index (χ3n) is 3.77. The van der Waals surface area contributed by atoms with Gasteiger partial charge in [-0.2, -0.15) is 0 Å². The van der Waals surface area contributed by atoms with Gasteiger partial charge in [-0.1, -0.05) is 0 Å². The Kier molecular flexibility index (Phi) is 3.86. The molecule has 96 valence electrons. The van der Waals surface area contributed by atoms with Crippen LogP contribution in [0.3, 0.4) is 0 Å². The Hall–Kier alpha value is -0.840.